The van der Waals surface area contributed by atoms with E-state index < -0.39 is 5.82 Å². The SMILES string of the molecule is COc1ccc(N(C)C(=O)C2CCCNC2)cc1F.Cl. The van der Waals surface area contributed by atoms with Crippen LogP contribution in [0.3, 0.4) is 0 Å². The van der Waals surface area contributed by atoms with Gasteiger partial charge in [0.15, 0.2) is 11.6 Å². The number of carbonyl (C=O) groups is 1. The minimum Gasteiger partial charge on any atom is -0.494 e. The van der Waals surface area contributed by atoms with E-state index in [-0.39, 0.29) is 30.0 Å². The lowest BCUT2D eigenvalue weighted by Gasteiger charge is -2.27. The van der Waals surface area contributed by atoms with Crippen molar-refractivity contribution >= 4 is 24.0 Å². The van der Waals surface area contributed by atoms with Crippen LogP contribution in [0.5, 0.6) is 5.75 Å². The van der Waals surface area contributed by atoms with Crippen molar-refractivity contribution in [3.63, 3.8) is 0 Å². The molecule has 112 valence electrons. The lowest BCUT2D eigenvalue weighted by atomic mass is 9.98. The molecule has 2 rings (SSSR count). The molecule has 1 N–H and O–H groups in total. The Kier molecular flexibility index (Phi) is 6.23. The van der Waals surface area contributed by atoms with Crippen molar-refractivity contribution in [3.05, 3.63) is 24.0 Å². The minimum atomic E-state index is -0.457. The van der Waals surface area contributed by atoms with Crippen LogP contribution in [0.1, 0.15) is 12.8 Å². The van der Waals surface area contributed by atoms with Crippen LogP contribution in [0.2, 0.25) is 0 Å². The summed E-state index contributed by atoms with van der Waals surface area (Å²) < 4.78 is 18.5. The van der Waals surface area contributed by atoms with Gasteiger partial charge in [0.25, 0.3) is 0 Å². The summed E-state index contributed by atoms with van der Waals surface area (Å²) in [5.41, 5.74) is 0.550. The molecule has 0 saturated carbocycles. The summed E-state index contributed by atoms with van der Waals surface area (Å²) in [6.07, 6.45) is 1.88. The summed E-state index contributed by atoms with van der Waals surface area (Å²) in [4.78, 5) is 13.8. The first-order valence-electron chi connectivity index (χ1n) is 6.45. The van der Waals surface area contributed by atoms with E-state index in [1.165, 1.54) is 24.1 Å². The first-order chi connectivity index (χ1) is 9.13. The van der Waals surface area contributed by atoms with Gasteiger partial charge in [0.1, 0.15) is 0 Å². The summed E-state index contributed by atoms with van der Waals surface area (Å²) in [6.45, 7) is 1.66. The smallest absolute Gasteiger partial charge is 0.231 e. The van der Waals surface area contributed by atoms with E-state index in [4.69, 9.17) is 4.74 Å². The molecule has 0 spiro atoms. The van der Waals surface area contributed by atoms with Gasteiger partial charge in [0.2, 0.25) is 5.91 Å². The van der Waals surface area contributed by atoms with Crippen molar-refractivity contribution in [3.8, 4) is 5.75 Å². The second-order valence-electron chi connectivity index (χ2n) is 4.76. The molecule has 1 aromatic carbocycles. The van der Waals surface area contributed by atoms with Crippen LogP contribution in [0.15, 0.2) is 18.2 Å². The average Bonchev–Trinajstić information content (AvgIpc) is 2.46. The maximum Gasteiger partial charge on any atom is 0.231 e. The largest absolute Gasteiger partial charge is 0.494 e. The van der Waals surface area contributed by atoms with Crippen molar-refractivity contribution in [2.75, 3.05) is 32.1 Å². The number of amides is 1. The Morgan fingerprint density at radius 1 is 1.50 bits per heavy atom. The fourth-order valence-electron chi connectivity index (χ4n) is 2.33. The van der Waals surface area contributed by atoms with Gasteiger partial charge in [-0.1, -0.05) is 0 Å². The van der Waals surface area contributed by atoms with Crippen molar-refractivity contribution in [1.29, 1.82) is 0 Å². The van der Waals surface area contributed by atoms with Gasteiger partial charge < -0.3 is 15.0 Å². The van der Waals surface area contributed by atoms with Crippen molar-refractivity contribution in [2.24, 2.45) is 5.92 Å². The summed E-state index contributed by atoms with van der Waals surface area (Å²) in [5, 5.41) is 3.21. The number of hydrogen-bond donors (Lipinski definition) is 1. The number of carbonyl (C=O) groups excluding carboxylic acids is 1. The molecule has 1 saturated heterocycles. The van der Waals surface area contributed by atoms with Gasteiger partial charge in [0.05, 0.1) is 13.0 Å². The molecule has 0 aliphatic carbocycles. The fourth-order valence-corrected chi connectivity index (χ4v) is 2.33. The molecule has 4 nitrogen and oxygen atoms in total. The van der Waals surface area contributed by atoms with E-state index >= 15 is 0 Å². The third-order valence-electron chi connectivity index (χ3n) is 3.50. The number of benzene rings is 1. The zero-order valence-corrected chi connectivity index (χ0v) is 12.5. The lowest BCUT2D eigenvalue weighted by Crippen LogP contribution is -2.41. The van der Waals surface area contributed by atoms with Gasteiger partial charge in [-0.2, -0.15) is 0 Å². The normalized spacial score (nSPS) is 18.1. The van der Waals surface area contributed by atoms with Gasteiger partial charge >= 0.3 is 0 Å². The number of methoxy groups -OCH3 is 1. The topological polar surface area (TPSA) is 41.6 Å². The zero-order chi connectivity index (χ0) is 13.8. The third kappa shape index (κ3) is 3.61. The Morgan fingerprint density at radius 2 is 2.25 bits per heavy atom. The number of rotatable bonds is 3. The molecular weight excluding hydrogens is 283 g/mol. The van der Waals surface area contributed by atoms with Gasteiger partial charge in [0, 0.05) is 25.3 Å². The van der Waals surface area contributed by atoms with E-state index in [1.54, 1.807) is 13.1 Å². The Bertz CT molecular complexity index is 464. The molecule has 1 amide bonds. The first kappa shape index (κ1) is 16.7. The van der Waals surface area contributed by atoms with Gasteiger partial charge in [-0.05, 0) is 31.5 Å². The Labute approximate surface area is 124 Å². The molecule has 6 heteroatoms. The molecule has 1 unspecified atom stereocenters. The summed E-state index contributed by atoms with van der Waals surface area (Å²) in [5.74, 6) is -0.272. The Morgan fingerprint density at radius 3 is 2.80 bits per heavy atom. The fraction of sp³-hybridized carbons (Fsp3) is 0.500. The second kappa shape index (κ2) is 7.45. The number of halogens is 2. The predicted octanol–water partition coefficient (Wildman–Crippen LogP) is 2.22. The summed E-state index contributed by atoms with van der Waals surface area (Å²) in [6, 6.07) is 4.55. The lowest BCUT2D eigenvalue weighted by molar-refractivity contribution is -0.122. The molecule has 1 atom stereocenters. The molecule has 0 aromatic heterocycles. The standard InChI is InChI=1S/C14H19FN2O2.ClH/c1-17(14(18)10-4-3-7-16-9-10)11-5-6-13(19-2)12(15)8-11;/h5-6,8,10,16H,3-4,7,9H2,1-2H3;1H. The highest BCUT2D eigenvalue weighted by atomic mass is 35.5. The molecule has 1 aliphatic heterocycles. The quantitative estimate of drug-likeness (QED) is 0.931. The van der Waals surface area contributed by atoms with Gasteiger partial charge in [-0.25, -0.2) is 4.39 Å². The van der Waals surface area contributed by atoms with E-state index in [0.717, 1.165) is 19.4 Å². The Balaban J connectivity index is 0.00000200. The maximum absolute atomic E-state index is 13.6. The molecule has 1 heterocycles. The first-order valence-corrected chi connectivity index (χ1v) is 6.45. The number of nitrogens with zero attached hydrogens (tertiary/aromatic N) is 1. The number of hydrogen-bond acceptors (Lipinski definition) is 3. The maximum atomic E-state index is 13.6. The van der Waals surface area contributed by atoms with E-state index in [1.807, 2.05) is 0 Å². The van der Waals surface area contributed by atoms with Crippen molar-refractivity contribution in [1.82, 2.24) is 5.32 Å². The number of ether oxygens (including phenoxy) is 1. The molecule has 0 bridgehead atoms. The van der Waals surface area contributed by atoms with Crippen molar-refractivity contribution < 1.29 is 13.9 Å². The zero-order valence-electron chi connectivity index (χ0n) is 11.7. The Hall–Kier alpha value is -1.33. The third-order valence-corrected chi connectivity index (χ3v) is 3.50. The minimum absolute atomic E-state index is 0. The van der Waals surface area contributed by atoms with Crippen LogP contribution in [0, 0.1) is 11.7 Å². The average molecular weight is 303 g/mol. The highest BCUT2D eigenvalue weighted by Gasteiger charge is 2.25. The van der Waals surface area contributed by atoms with Gasteiger partial charge in [-0.15, -0.1) is 12.4 Å². The van der Waals surface area contributed by atoms with Crippen LogP contribution in [-0.2, 0) is 4.79 Å². The summed E-state index contributed by atoms with van der Waals surface area (Å²) >= 11 is 0. The highest BCUT2D eigenvalue weighted by molar-refractivity contribution is 5.94. The van der Waals surface area contributed by atoms with Crippen LogP contribution < -0.4 is 15.0 Å². The predicted molar refractivity (Wildman–Crippen MR) is 79.2 cm³/mol. The molecule has 0 radical (unpaired) electrons. The van der Waals surface area contributed by atoms with Crippen LogP contribution in [0.25, 0.3) is 0 Å². The molecule has 1 aliphatic rings. The van der Waals surface area contributed by atoms with E-state index in [0.29, 0.717) is 12.2 Å². The molecule has 1 aromatic rings. The number of anilines is 1. The highest BCUT2D eigenvalue weighted by Crippen LogP contribution is 2.24. The number of piperidine rings is 1. The second-order valence-corrected chi connectivity index (χ2v) is 4.76. The van der Waals surface area contributed by atoms with E-state index in [9.17, 15) is 9.18 Å². The van der Waals surface area contributed by atoms with Crippen molar-refractivity contribution in [2.45, 2.75) is 12.8 Å². The van der Waals surface area contributed by atoms with Crippen LogP contribution in [0.4, 0.5) is 10.1 Å². The molecular formula is C14H20ClFN2O2. The van der Waals surface area contributed by atoms with Crippen LogP contribution >= 0.6 is 12.4 Å². The molecule has 20 heavy (non-hydrogen) atoms. The summed E-state index contributed by atoms with van der Waals surface area (Å²) in [7, 11) is 3.10. The van der Waals surface area contributed by atoms with Gasteiger partial charge in [-0.3, -0.25) is 4.79 Å². The molecule has 1 fully saturated rings. The number of nitrogens with one attached hydrogen (secondary N) is 1. The monoisotopic (exact) mass is 302 g/mol. The van der Waals surface area contributed by atoms with E-state index in [2.05, 4.69) is 5.32 Å². The van der Waals surface area contributed by atoms with Crippen LogP contribution in [-0.4, -0.2) is 33.2 Å².